The van der Waals surface area contributed by atoms with E-state index in [1.54, 1.807) is 60.7 Å². The number of halogens is 3. The van der Waals surface area contributed by atoms with Gasteiger partial charge in [-0.05, 0) is 24.3 Å². The zero-order chi connectivity index (χ0) is 17.7. The summed E-state index contributed by atoms with van der Waals surface area (Å²) in [5.41, 5.74) is 1.75. The first-order valence-corrected chi connectivity index (χ1v) is 7.25. The van der Waals surface area contributed by atoms with E-state index in [2.05, 4.69) is 0 Å². The van der Waals surface area contributed by atoms with Crippen molar-refractivity contribution in [3.63, 3.8) is 0 Å². The molecule has 2 rings (SSSR count). The molecule has 0 amide bonds. The molecule has 0 fully saturated rings. The highest BCUT2D eigenvalue weighted by molar-refractivity contribution is 6.58. The number of benzene rings is 2. The third kappa shape index (κ3) is 11.2. The van der Waals surface area contributed by atoms with Crippen molar-refractivity contribution in [3.05, 3.63) is 81.8 Å². The Morgan fingerprint density at radius 3 is 1.13 bits per heavy atom. The van der Waals surface area contributed by atoms with Gasteiger partial charge < -0.3 is 10.2 Å². The van der Waals surface area contributed by atoms with Crippen LogP contribution in [0.25, 0.3) is 0 Å². The van der Waals surface area contributed by atoms with Crippen molar-refractivity contribution in [2.75, 3.05) is 0 Å². The predicted molar refractivity (Wildman–Crippen MR) is 92.4 cm³/mol. The molecule has 0 saturated heterocycles. The van der Waals surface area contributed by atoms with E-state index in [-0.39, 0.29) is 4.49 Å². The molecule has 2 aromatic carbocycles. The molecular formula is C16H13Cl3O4. The number of carbonyl (C=O) groups is 2. The molecule has 0 spiro atoms. The molecule has 0 unspecified atom stereocenters. The molecule has 0 saturated carbocycles. The van der Waals surface area contributed by atoms with Crippen LogP contribution in [0.3, 0.4) is 0 Å². The van der Waals surface area contributed by atoms with Gasteiger partial charge in [-0.25, -0.2) is 9.59 Å². The molecule has 122 valence electrons. The Morgan fingerprint density at radius 1 is 0.739 bits per heavy atom. The predicted octanol–water partition coefficient (Wildman–Crippen LogP) is 5.27. The van der Waals surface area contributed by atoms with Gasteiger partial charge in [-0.15, -0.1) is 0 Å². The lowest BCUT2D eigenvalue weighted by molar-refractivity contribution is 0.0686. The summed E-state index contributed by atoms with van der Waals surface area (Å²) in [6.07, 6.45) is 0. The molecule has 0 heterocycles. The summed E-state index contributed by atoms with van der Waals surface area (Å²) >= 11 is 14.8. The Labute approximate surface area is 148 Å². The maximum Gasteiger partial charge on any atom is 0.335 e. The topological polar surface area (TPSA) is 74.6 Å². The second-order valence-corrected chi connectivity index (χ2v) is 4.97. The molecular weight excluding hydrogens is 363 g/mol. The van der Waals surface area contributed by atoms with Crippen LogP contribution in [0.5, 0.6) is 0 Å². The van der Waals surface area contributed by atoms with Crippen LogP contribution in [0.1, 0.15) is 20.7 Å². The first kappa shape index (κ1) is 21.0. The van der Waals surface area contributed by atoms with Crippen LogP contribution in [0.4, 0.5) is 0 Å². The van der Waals surface area contributed by atoms with Gasteiger partial charge in [0.05, 0.1) is 11.1 Å². The minimum Gasteiger partial charge on any atom is -0.478 e. The Morgan fingerprint density at radius 2 is 1.00 bits per heavy atom. The molecule has 0 aliphatic carbocycles. The lowest BCUT2D eigenvalue weighted by Crippen LogP contribution is -1.93. The van der Waals surface area contributed by atoms with E-state index in [0.29, 0.717) is 11.1 Å². The third-order valence-electron chi connectivity index (χ3n) is 2.12. The average Bonchev–Trinajstić information content (AvgIpc) is 2.57. The van der Waals surface area contributed by atoms with Crippen LogP contribution >= 0.6 is 34.8 Å². The second kappa shape index (κ2) is 12.5. The van der Waals surface area contributed by atoms with Gasteiger partial charge in [-0.2, -0.15) is 0 Å². The summed E-state index contributed by atoms with van der Waals surface area (Å²) in [5.74, 6) is -1.76. The van der Waals surface area contributed by atoms with Gasteiger partial charge in [-0.3, -0.25) is 0 Å². The monoisotopic (exact) mass is 374 g/mol. The molecule has 4 nitrogen and oxygen atoms in total. The molecule has 7 heteroatoms. The van der Waals surface area contributed by atoms with E-state index in [4.69, 9.17) is 45.0 Å². The molecule has 0 aliphatic rings. The Bertz CT molecular complexity index is 575. The Kier molecular flexibility index (Phi) is 11.4. The summed E-state index contributed by atoms with van der Waals surface area (Å²) in [6, 6.07) is 16.6. The fourth-order valence-corrected chi connectivity index (χ4v) is 1.16. The van der Waals surface area contributed by atoms with Gasteiger partial charge in [0.15, 0.2) is 0 Å². The summed E-state index contributed by atoms with van der Waals surface area (Å²) in [6.45, 7) is 0. The average molecular weight is 376 g/mol. The van der Waals surface area contributed by atoms with Crippen molar-refractivity contribution in [2.45, 2.75) is 0 Å². The quantitative estimate of drug-likeness (QED) is 0.749. The third-order valence-corrected chi connectivity index (χ3v) is 2.78. The van der Waals surface area contributed by atoms with Gasteiger partial charge in [0.1, 0.15) is 4.49 Å². The molecule has 0 aliphatic heterocycles. The molecule has 0 bridgehead atoms. The molecule has 0 aromatic heterocycles. The lowest BCUT2D eigenvalue weighted by Gasteiger charge is -1.88. The minimum absolute atomic E-state index is 0.0895. The zero-order valence-corrected chi connectivity index (χ0v) is 14.0. The van der Waals surface area contributed by atoms with Crippen molar-refractivity contribution in [3.8, 4) is 0 Å². The molecule has 2 N–H and O–H groups in total. The van der Waals surface area contributed by atoms with Gasteiger partial charge in [-0.1, -0.05) is 71.2 Å². The lowest BCUT2D eigenvalue weighted by atomic mass is 10.2. The van der Waals surface area contributed by atoms with Crippen molar-refractivity contribution < 1.29 is 19.8 Å². The molecule has 2 aromatic rings. The van der Waals surface area contributed by atoms with Crippen LogP contribution in [0.15, 0.2) is 70.7 Å². The van der Waals surface area contributed by atoms with Crippen LogP contribution in [0, 0.1) is 0 Å². The van der Waals surface area contributed by atoms with Gasteiger partial charge in [0.25, 0.3) is 0 Å². The van der Waals surface area contributed by atoms with Crippen molar-refractivity contribution in [1.82, 2.24) is 0 Å². The van der Waals surface area contributed by atoms with Crippen LogP contribution in [-0.4, -0.2) is 22.2 Å². The molecule has 0 radical (unpaired) electrons. The highest BCUT2D eigenvalue weighted by Crippen LogP contribution is 2.06. The SMILES string of the molecule is ClC=C(Cl)Cl.O=C(O)c1ccccc1.O=C(O)c1ccccc1. The van der Waals surface area contributed by atoms with Gasteiger partial charge in [0, 0.05) is 5.54 Å². The summed E-state index contributed by atoms with van der Waals surface area (Å²) in [7, 11) is 0. The van der Waals surface area contributed by atoms with Gasteiger partial charge >= 0.3 is 11.9 Å². The maximum absolute atomic E-state index is 10.2. The number of rotatable bonds is 2. The van der Waals surface area contributed by atoms with E-state index in [9.17, 15) is 9.59 Å². The highest BCUT2D eigenvalue weighted by Gasteiger charge is 1.97. The first-order valence-electron chi connectivity index (χ1n) is 6.06. The first-order chi connectivity index (χ1) is 10.9. The minimum atomic E-state index is -0.879. The van der Waals surface area contributed by atoms with E-state index in [0.717, 1.165) is 5.54 Å². The number of aromatic carboxylic acids is 2. The van der Waals surface area contributed by atoms with Gasteiger partial charge in [0.2, 0.25) is 0 Å². The number of hydrogen-bond acceptors (Lipinski definition) is 2. The smallest absolute Gasteiger partial charge is 0.335 e. The summed E-state index contributed by atoms with van der Waals surface area (Å²) < 4.78 is 0.0895. The number of carboxylic acid groups (broad SMARTS) is 2. The fraction of sp³-hybridized carbons (Fsp3) is 0. The van der Waals surface area contributed by atoms with Crippen molar-refractivity contribution in [1.29, 1.82) is 0 Å². The van der Waals surface area contributed by atoms with Crippen molar-refractivity contribution in [2.24, 2.45) is 0 Å². The Balaban J connectivity index is 0.000000332. The van der Waals surface area contributed by atoms with E-state index >= 15 is 0 Å². The summed E-state index contributed by atoms with van der Waals surface area (Å²) in [5, 5.41) is 16.8. The standard InChI is InChI=1S/2C7H6O2.C2HCl3/c2*8-7(9)6-4-2-1-3-5-6;3-1-2(4)5/h2*1-5H,(H,8,9);1H. The van der Waals surface area contributed by atoms with Crippen LogP contribution < -0.4 is 0 Å². The van der Waals surface area contributed by atoms with E-state index in [1.807, 2.05) is 0 Å². The second-order valence-electron chi connectivity index (χ2n) is 3.74. The highest BCUT2D eigenvalue weighted by atomic mass is 35.5. The van der Waals surface area contributed by atoms with Crippen molar-refractivity contribution >= 4 is 46.7 Å². The Hall–Kier alpha value is -2.01. The van der Waals surface area contributed by atoms with Crippen LogP contribution in [0.2, 0.25) is 0 Å². The maximum atomic E-state index is 10.2. The normalized spacial score (nSPS) is 8.48. The van der Waals surface area contributed by atoms with Crippen LogP contribution in [-0.2, 0) is 0 Å². The van der Waals surface area contributed by atoms with E-state index in [1.165, 1.54) is 0 Å². The number of carboxylic acids is 2. The molecule has 0 atom stereocenters. The summed E-state index contributed by atoms with van der Waals surface area (Å²) in [4.78, 5) is 20.4. The van der Waals surface area contributed by atoms with E-state index < -0.39 is 11.9 Å². The largest absolute Gasteiger partial charge is 0.478 e. The zero-order valence-electron chi connectivity index (χ0n) is 11.7. The fourth-order valence-electron chi connectivity index (χ4n) is 1.16. The molecule has 23 heavy (non-hydrogen) atoms. The number of hydrogen-bond donors (Lipinski definition) is 2.